The number of hydrogen-bond acceptors (Lipinski definition) is 3. The zero-order chi connectivity index (χ0) is 22.7. The first-order valence-corrected chi connectivity index (χ1v) is 11.2. The van der Waals surface area contributed by atoms with Gasteiger partial charge in [0, 0.05) is 42.1 Å². The first-order valence-electron chi connectivity index (χ1n) is 10.5. The van der Waals surface area contributed by atoms with Crippen LogP contribution in [0.3, 0.4) is 0 Å². The zero-order valence-electron chi connectivity index (χ0n) is 18.0. The molecule has 4 nitrogen and oxygen atoms in total. The molecule has 0 spiro atoms. The Hall–Kier alpha value is -2.95. The van der Waals surface area contributed by atoms with Gasteiger partial charge in [0.05, 0.1) is 23.1 Å². The number of carbonyl (C=O) groups is 1. The fourth-order valence-electron chi connectivity index (χ4n) is 3.86. The second-order valence-electron chi connectivity index (χ2n) is 7.61. The Morgan fingerprint density at radius 2 is 1.75 bits per heavy atom. The molecule has 0 saturated carbocycles. The van der Waals surface area contributed by atoms with Crippen molar-refractivity contribution < 1.29 is 9.53 Å². The maximum absolute atomic E-state index is 12.1. The third-order valence-corrected chi connectivity index (χ3v) is 6.19. The minimum atomic E-state index is -0.208. The van der Waals surface area contributed by atoms with E-state index in [-0.39, 0.29) is 12.4 Å². The van der Waals surface area contributed by atoms with Crippen molar-refractivity contribution >= 4 is 51.4 Å². The number of para-hydroxylation sites is 1. The lowest BCUT2D eigenvalue weighted by Gasteiger charge is -2.21. The molecule has 164 valence electrons. The van der Waals surface area contributed by atoms with Crippen molar-refractivity contribution in [2.75, 3.05) is 18.6 Å². The number of fused-ring (bicyclic) bond motifs is 1. The van der Waals surface area contributed by atoms with Crippen molar-refractivity contribution in [2.24, 2.45) is 0 Å². The third-order valence-electron chi connectivity index (χ3n) is 5.45. The maximum atomic E-state index is 12.1. The smallest absolute Gasteiger partial charge is 0.310 e. The number of esters is 1. The number of benzene rings is 3. The number of rotatable bonds is 7. The van der Waals surface area contributed by atoms with Crippen molar-refractivity contribution in [3.63, 3.8) is 0 Å². The molecule has 0 aliphatic carbocycles. The monoisotopic (exact) mass is 466 g/mol. The molecule has 0 aliphatic rings. The number of hydrogen-bond donors (Lipinski definition) is 0. The van der Waals surface area contributed by atoms with Gasteiger partial charge in [-0.05, 0) is 54.4 Å². The van der Waals surface area contributed by atoms with Gasteiger partial charge >= 0.3 is 5.97 Å². The van der Waals surface area contributed by atoms with E-state index in [1.54, 1.807) is 6.07 Å². The highest BCUT2D eigenvalue weighted by Gasteiger charge is 2.13. The first kappa shape index (κ1) is 22.3. The third kappa shape index (κ3) is 4.77. The van der Waals surface area contributed by atoms with Crippen LogP contribution < -0.4 is 4.90 Å². The summed E-state index contributed by atoms with van der Waals surface area (Å²) in [6.45, 7) is 2.90. The number of carbonyl (C=O) groups excluding carboxylic acids is 1. The van der Waals surface area contributed by atoms with E-state index in [0.717, 1.165) is 33.4 Å². The van der Waals surface area contributed by atoms with E-state index >= 15 is 0 Å². The Kier molecular flexibility index (Phi) is 6.73. The molecule has 32 heavy (non-hydrogen) atoms. The predicted octanol–water partition coefficient (Wildman–Crippen LogP) is 6.87. The second-order valence-corrected chi connectivity index (χ2v) is 8.42. The van der Waals surface area contributed by atoms with E-state index in [1.807, 2.05) is 44.3 Å². The van der Waals surface area contributed by atoms with Crippen LogP contribution in [-0.4, -0.2) is 24.2 Å². The molecule has 4 aromatic rings. The quantitative estimate of drug-likeness (QED) is 0.278. The Morgan fingerprint density at radius 1 is 0.969 bits per heavy atom. The average Bonchev–Trinajstić information content (AvgIpc) is 3.12. The van der Waals surface area contributed by atoms with Crippen LogP contribution in [0.1, 0.15) is 18.1 Å². The van der Waals surface area contributed by atoms with Gasteiger partial charge in [0.1, 0.15) is 0 Å². The van der Waals surface area contributed by atoms with E-state index in [4.69, 9.17) is 27.9 Å². The van der Waals surface area contributed by atoms with Gasteiger partial charge in [0.15, 0.2) is 0 Å². The standard InChI is InChI=1S/C26H24Cl2N2O2/c1-3-32-26(31)14-19-17-30(25-10-5-4-9-22(19)25)16-18-7-6-8-20(13-18)29(2)21-11-12-23(27)24(28)15-21/h4-13,15,17H,3,14,16H2,1-2H3. The van der Waals surface area contributed by atoms with Gasteiger partial charge in [-0.1, -0.05) is 53.5 Å². The molecule has 0 bridgehead atoms. The minimum Gasteiger partial charge on any atom is -0.466 e. The van der Waals surface area contributed by atoms with Gasteiger partial charge in [-0.3, -0.25) is 4.79 Å². The molecule has 0 fully saturated rings. The molecular weight excluding hydrogens is 443 g/mol. The maximum Gasteiger partial charge on any atom is 0.310 e. The summed E-state index contributed by atoms with van der Waals surface area (Å²) in [5.41, 5.74) is 5.22. The van der Waals surface area contributed by atoms with E-state index in [0.29, 0.717) is 23.2 Å². The SMILES string of the molecule is CCOC(=O)Cc1cn(Cc2cccc(N(C)c3ccc(Cl)c(Cl)c3)c2)c2ccccc12. The molecule has 4 rings (SSSR count). The lowest BCUT2D eigenvalue weighted by Crippen LogP contribution is -2.10. The predicted molar refractivity (Wildman–Crippen MR) is 132 cm³/mol. The topological polar surface area (TPSA) is 34.5 Å². The minimum absolute atomic E-state index is 0.208. The molecule has 3 aromatic carbocycles. The fraction of sp³-hybridized carbons (Fsp3) is 0.192. The summed E-state index contributed by atoms with van der Waals surface area (Å²) in [5.74, 6) is -0.208. The summed E-state index contributed by atoms with van der Waals surface area (Å²) in [4.78, 5) is 14.1. The molecular formula is C26H24Cl2N2O2. The highest BCUT2D eigenvalue weighted by molar-refractivity contribution is 6.42. The number of aromatic nitrogens is 1. The molecule has 6 heteroatoms. The molecule has 0 N–H and O–H groups in total. The number of nitrogens with zero attached hydrogens (tertiary/aromatic N) is 2. The summed E-state index contributed by atoms with van der Waals surface area (Å²) in [6.07, 6.45) is 2.32. The summed E-state index contributed by atoms with van der Waals surface area (Å²) < 4.78 is 7.33. The van der Waals surface area contributed by atoms with Crippen LogP contribution in [0.4, 0.5) is 11.4 Å². The first-order chi connectivity index (χ1) is 15.5. The Morgan fingerprint density at radius 3 is 2.53 bits per heavy atom. The zero-order valence-corrected chi connectivity index (χ0v) is 19.5. The summed E-state index contributed by atoms with van der Waals surface area (Å²) in [5, 5.41) is 2.14. The highest BCUT2D eigenvalue weighted by Crippen LogP contribution is 2.31. The molecule has 0 radical (unpaired) electrons. The van der Waals surface area contributed by atoms with Crippen molar-refractivity contribution in [2.45, 2.75) is 19.9 Å². The number of halogens is 2. The van der Waals surface area contributed by atoms with Crippen LogP contribution in [0, 0.1) is 0 Å². The van der Waals surface area contributed by atoms with Crippen molar-refractivity contribution in [3.05, 3.63) is 94.1 Å². The molecule has 0 aliphatic heterocycles. The van der Waals surface area contributed by atoms with Crippen LogP contribution >= 0.6 is 23.2 Å². The van der Waals surface area contributed by atoms with Crippen molar-refractivity contribution in [1.29, 1.82) is 0 Å². The Balaban J connectivity index is 1.62. The van der Waals surface area contributed by atoms with Gasteiger partial charge in [0.2, 0.25) is 0 Å². The van der Waals surface area contributed by atoms with E-state index in [1.165, 1.54) is 0 Å². The van der Waals surface area contributed by atoms with Crippen molar-refractivity contribution in [3.8, 4) is 0 Å². The fourth-order valence-corrected chi connectivity index (χ4v) is 4.16. The van der Waals surface area contributed by atoms with Crippen molar-refractivity contribution in [1.82, 2.24) is 4.57 Å². The van der Waals surface area contributed by atoms with Crippen LogP contribution in [0.25, 0.3) is 10.9 Å². The van der Waals surface area contributed by atoms with Gasteiger partial charge in [-0.15, -0.1) is 0 Å². The number of ether oxygens (including phenoxy) is 1. The largest absolute Gasteiger partial charge is 0.466 e. The summed E-state index contributed by atoms with van der Waals surface area (Å²) in [6, 6.07) is 22.1. The molecule has 0 atom stereocenters. The molecule has 1 heterocycles. The molecule has 0 amide bonds. The Bertz CT molecular complexity index is 1270. The summed E-state index contributed by atoms with van der Waals surface area (Å²) in [7, 11) is 2.00. The molecule has 0 saturated heterocycles. The van der Waals surface area contributed by atoms with Crippen LogP contribution in [-0.2, 0) is 22.5 Å². The van der Waals surface area contributed by atoms with Crippen LogP contribution in [0.2, 0.25) is 10.0 Å². The highest BCUT2D eigenvalue weighted by atomic mass is 35.5. The van der Waals surface area contributed by atoms with Crippen LogP contribution in [0.5, 0.6) is 0 Å². The number of anilines is 2. The van der Waals surface area contributed by atoms with E-state index < -0.39 is 0 Å². The van der Waals surface area contributed by atoms with E-state index in [2.05, 4.69) is 46.0 Å². The second kappa shape index (κ2) is 9.68. The lowest BCUT2D eigenvalue weighted by molar-refractivity contribution is -0.142. The van der Waals surface area contributed by atoms with Gasteiger partial charge in [0.25, 0.3) is 0 Å². The Labute approximate surface area is 197 Å². The molecule has 0 unspecified atom stereocenters. The lowest BCUT2D eigenvalue weighted by atomic mass is 10.1. The average molecular weight is 467 g/mol. The van der Waals surface area contributed by atoms with E-state index in [9.17, 15) is 4.79 Å². The van der Waals surface area contributed by atoms with Gasteiger partial charge < -0.3 is 14.2 Å². The normalized spacial score (nSPS) is 11.0. The summed E-state index contributed by atoms with van der Waals surface area (Å²) >= 11 is 12.3. The molecule has 1 aromatic heterocycles. The van der Waals surface area contributed by atoms with Gasteiger partial charge in [-0.25, -0.2) is 0 Å². The van der Waals surface area contributed by atoms with Crippen LogP contribution in [0.15, 0.2) is 72.9 Å². The van der Waals surface area contributed by atoms with Gasteiger partial charge in [-0.2, -0.15) is 0 Å².